The van der Waals surface area contributed by atoms with Gasteiger partial charge in [-0.15, -0.1) is 0 Å². The zero-order valence-corrected chi connectivity index (χ0v) is 6.89. The number of hydrogen-bond acceptors (Lipinski definition) is 2. The lowest BCUT2D eigenvalue weighted by Gasteiger charge is -2.27. The van der Waals surface area contributed by atoms with Gasteiger partial charge in [0, 0.05) is 13.2 Å². The molecule has 1 N–H and O–H groups in total. The molecule has 2 unspecified atom stereocenters. The van der Waals surface area contributed by atoms with Crippen LogP contribution in [0.25, 0.3) is 0 Å². The van der Waals surface area contributed by atoms with E-state index in [2.05, 4.69) is 12.2 Å². The average molecular weight is 143 g/mol. The van der Waals surface area contributed by atoms with Crippen LogP contribution in [0, 0.1) is 0 Å². The molecule has 0 saturated carbocycles. The molecular weight excluding hydrogens is 126 g/mol. The Balaban J connectivity index is 2.24. The molecule has 2 atom stereocenters. The van der Waals surface area contributed by atoms with Crippen LogP contribution in [-0.2, 0) is 4.74 Å². The third kappa shape index (κ3) is 1.96. The maximum atomic E-state index is 5.23. The smallest absolute Gasteiger partial charge is 0.0696 e. The first-order valence-corrected chi connectivity index (χ1v) is 4.11. The van der Waals surface area contributed by atoms with E-state index in [1.54, 1.807) is 7.11 Å². The summed E-state index contributed by atoms with van der Waals surface area (Å²) in [6.45, 7) is 3.29. The van der Waals surface area contributed by atoms with E-state index >= 15 is 0 Å². The van der Waals surface area contributed by atoms with Crippen molar-refractivity contribution in [1.29, 1.82) is 0 Å². The summed E-state index contributed by atoms with van der Waals surface area (Å²) in [6.07, 6.45) is 4.33. The van der Waals surface area contributed by atoms with Gasteiger partial charge in [-0.05, 0) is 26.3 Å². The molecule has 1 aliphatic heterocycles. The number of nitrogens with one attached hydrogen (secondary N) is 1. The summed E-state index contributed by atoms with van der Waals surface area (Å²) >= 11 is 0. The van der Waals surface area contributed by atoms with Crippen LogP contribution in [0.1, 0.15) is 26.2 Å². The Morgan fingerprint density at radius 2 is 2.30 bits per heavy atom. The standard InChI is InChI=1S/C8H17NO/c1-7(10-2)8-5-3-4-6-9-8/h7-9H,3-6H2,1-2H3. The van der Waals surface area contributed by atoms with E-state index in [1.807, 2.05) is 0 Å². The zero-order valence-electron chi connectivity index (χ0n) is 6.89. The van der Waals surface area contributed by atoms with E-state index in [9.17, 15) is 0 Å². The molecule has 0 aromatic rings. The van der Waals surface area contributed by atoms with Crippen molar-refractivity contribution in [2.45, 2.75) is 38.3 Å². The van der Waals surface area contributed by atoms with Crippen LogP contribution in [0.3, 0.4) is 0 Å². The first-order valence-electron chi connectivity index (χ1n) is 4.11. The van der Waals surface area contributed by atoms with Crippen LogP contribution >= 0.6 is 0 Å². The average Bonchev–Trinajstić information content (AvgIpc) is 2.05. The third-order valence-electron chi connectivity index (χ3n) is 2.29. The molecule has 0 aromatic carbocycles. The molecule has 1 fully saturated rings. The summed E-state index contributed by atoms with van der Waals surface area (Å²) in [5, 5.41) is 3.44. The minimum absolute atomic E-state index is 0.375. The second kappa shape index (κ2) is 3.94. The highest BCUT2D eigenvalue weighted by Gasteiger charge is 2.18. The van der Waals surface area contributed by atoms with Gasteiger partial charge in [0.15, 0.2) is 0 Å². The predicted molar refractivity (Wildman–Crippen MR) is 42.1 cm³/mol. The third-order valence-corrected chi connectivity index (χ3v) is 2.29. The van der Waals surface area contributed by atoms with Gasteiger partial charge in [-0.1, -0.05) is 6.42 Å². The Morgan fingerprint density at radius 3 is 2.80 bits per heavy atom. The number of piperidine rings is 1. The topological polar surface area (TPSA) is 21.3 Å². The van der Waals surface area contributed by atoms with E-state index in [1.165, 1.54) is 25.8 Å². The Bertz CT molecular complexity index is 89.3. The summed E-state index contributed by atoms with van der Waals surface area (Å²) < 4.78 is 5.23. The summed E-state index contributed by atoms with van der Waals surface area (Å²) in [6, 6.07) is 0.596. The number of hydrogen-bond donors (Lipinski definition) is 1. The molecule has 1 saturated heterocycles. The molecule has 10 heavy (non-hydrogen) atoms. The molecule has 1 aliphatic rings. The molecule has 1 rings (SSSR count). The molecule has 1 heterocycles. The molecule has 0 radical (unpaired) electrons. The van der Waals surface area contributed by atoms with Crippen molar-refractivity contribution in [3.63, 3.8) is 0 Å². The van der Waals surface area contributed by atoms with Crippen molar-refractivity contribution >= 4 is 0 Å². The van der Waals surface area contributed by atoms with E-state index < -0.39 is 0 Å². The van der Waals surface area contributed by atoms with Crippen molar-refractivity contribution in [2.24, 2.45) is 0 Å². The lowest BCUT2D eigenvalue weighted by atomic mass is 10.0. The van der Waals surface area contributed by atoms with Crippen LogP contribution < -0.4 is 5.32 Å². The monoisotopic (exact) mass is 143 g/mol. The first kappa shape index (κ1) is 8.02. The Kier molecular flexibility index (Phi) is 3.16. The molecule has 60 valence electrons. The van der Waals surface area contributed by atoms with Crippen molar-refractivity contribution < 1.29 is 4.74 Å². The first-order chi connectivity index (χ1) is 4.84. The largest absolute Gasteiger partial charge is 0.380 e. The molecule has 0 amide bonds. The van der Waals surface area contributed by atoms with Crippen LogP contribution in [-0.4, -0.2) is 25.8 Å². The minimum Gasteiger partial charge on any atom is -0.380 e. The van der Waals surface area contributed by atoms with Crippen LogP contribution in [0.5, 0.6) is 0 Å². The van der Waals surface area contributed by atoms with Gasteiger partial charge in [0.2, 0.25) is 0 Å². The van der Waals surface area contributed by atoms with E-state index in [0.717, 1.165) is 0 Å². The molecule has 2 nitrogen and oxygen atoms in total. The summed E-state index contributed by atoms with van der Waals surface area (Å²) in [5.41, 5.74) is 0. The SMILES string of the molecule is COC(C)C1CCCCN1. The summed E-state index contributed by atoms with van der Waals surface area (Å²) in [4.78, 5) is 0. The molecule has 2 heteroatoms. The van der Waals surface area contributed by atoms with Gasteiger partial charge in [0.25, 0.3) is 0 Å². The van der Waals surface area contributed by atoms with Crippen LogP contribution in [0.4, 0.5) is 0 Å². The lowest BCUT2D eigenvalue weighted by molar-refractivity contribution is 0.0735. The lowest BCUT2D eigenvalue weighted by Crippen LogP contribution is -2.42. The molecule has 0 bridgehead atoms. The Hall–Kier alpha value is -0.0800. The highest BCUT2D eigenvalue weighted by atomic mass is 16.5. The van der Waals surface area contributed by atoms with Gasteiger partial charge in [0.1, 0.15) is 0 Å². The van der Waals surface area contributed by atoms with Gasteiger partial charge in [-0.25, -0.2) is 0 Å². The van der Waals surface area contributed by atoms with E-state index in [0.29, 0.717) is 12.1 Å². The molecule has 0 aromatic heterocycles. The molecular formula is C8H17NO. The van der Waals surface area contributed by atoms with Crippen LogP contribution in [0.2, 0.25) is 0 Å². The van der Waals surface area contributed by atoms with Crippen molar-refractivity contribution in [1.82, 2.24) is 5.32 Å². The number of methoxy groups -OCH3 is 1. The van der Waals surface area contributed by atoms with Gasteiger partial charge >= 0.3 is 0 Å². The van der Waals surface area contributed by atoms with Crippen molar-refractivity contribution in [3.05, 3.63) is 0 Å². The second-order valence-electron chi connectivity index (χ2n) is 3.00. The Labute approximate surface area is 63.0 Å². The number of ether oxygens (including phenoxy) is 1. The number of rotatable bonds is 2. The fourth-order valence-electron chi connectivity index (χ4n) is 1.44. The molecule has 0 aliphatic carbocycles. The fourth-order valence-corrected chi connectivity index (χ4v) is 1.44. The highest BCUT2D eigenvalue weighted by molar-refractivity contribution is 4.77. The zero-order chi connectivity index (χ0) is 7.40. The van der Waals surface area contributed by atoms with Crippen molar-refractivity contribution in [2.75, 3.05) is 13.7 Å². The maximum absolute atomic E-state index is 5.23. The van der Waals surface area contributed by atoms with Crippen molar-refractivity contribution in [3.8, 4) is 0 Å². The van der Waals surface area contributed by atoms with Gasteiger partial charge in [0.05, 0.1) is 6.10 Å². The van der Waals surface area contributed by atoms with Gasteiger partial charge in [-0.3, -0.25) is 0 Å². The quantitative estimate of drug-likeness (QED) is 0.626. The van der Waals surface area contributed by atoms with Gasteiger partial charge < -0.3 is 10.1 Å². The highest BCUT2D eigenvalue weighted by Crippen LogP contribution is 2.11. The second-order valence-corrected chi connectivity index (χ2v) is 3.00. The van der Waals surface area contributed by atoms with Gasteiger partial charge in [-0.2, -0.15) is 0 Å². The van der Waals surface area contributed by atoms with Crippen LogP contribution in [0.15, 0.2) is 0 Å². The van der Waals surface area contributed by atoms with E-state index in [4.69, 9.17) is 4.74 Å². The predicted octanol–water partition coefficient (Wildman–Crippen LogP) is 1.16. The minimum atomic E-state index is 0.375. The fraction of sp³-hybridized carbons (Fsp3) is 1.00. The summed E-state index contributed by atoms with van der Waals surface area (Å²) in [7, 11) is 1.78. The van der Waals surface area contributed by atoms with E-state index in [-0.39, 0.29) is 0 Å². The Morgan fingerprint density at radius 1 is 1.50 bits per heavy atom. The maximum Gasteiger partial charge on any atom is 0.0696 e. The molecule has 0 spiro atoms. The normalized spacial score (nSPS) is 30.0. The summed E-state index contributed by atoms with van der Waals surface area (Å²) in [5.74, 6) is 0.